The summed E-state index contributed by atoms with van der Waals surface area (Å²) >= 11 is 1.36. The van der Waals surface area contributed by atoms with Gasteiger partial charge in [0.25, 0.3) is 5.91 Å². The molecule has 1 aliphatic heterocycles. The van der Waals surface area contributed by atoms with Crippen LogP contribution in [0, 0.1) is 0 Å². The Kier molecular flexibility index (Phi) is 3.23. The van der Waals surface area contributed by atoms with Crippen molar-refractivity contribution in [2.45, 2.75) is 6.92 Å². The van der Waals surface area contributed by atoms with Crippen LogP contribution in [0.5, 0.6) is 11.5 Å². The molecular formula is C14H14N2O3S. The van der Waals surface area contributed by atoms with Crippen LogP contribution in [-0.2, 0) is 0 Å². The molecule has 2 heterocycles. The number of carbonyl (C=O) groups is 1. The van der Waals surface area contributed by atoms with Crippen LogP contribution < -0.4 is 20.5 Å². The van der Waals surface area contributed by atoms with Crippen LogP contribution in [0.25, 0.3) is 11.1 Å². The van der Waals surface area contributed by atoms with Crippen molar-refractivity contribution in [2.24, 2.45) is 0 Å². The van der Waals surface area contributed by atoms with E-state index in [-0.39, 0.29) is 12.7 Å². The van der Waals surface area contributed by atoms with Crippen LogP contribution in [0.4, 0.5) is 5.00 Å². The molecule has 0 saturated heterocycles. The van der Waals surface area contributed by atoms with Gasteiger partial charge in [-0.05, 0) is 24.6 Å². The van der Waals surface area contributed by atoms with E-state index in [2.05, 4.69) is 5.32 Å². The molecule has 0 saturated carbocycles. The van der Waals surface area contributed by atoms with Crippen molar-refractivity contribution >= 4 is 22.2 Å². The van der Waals surface area contributed by atoms with Crippen molar-refractivity contribution in [3.05, 3.63) is 29.1 Å². The summed E-state index contributed by atoms with van der Waals surface area (Å²) in [6.45, 7) is 2.67. The van der Waals surface area contributed by atoms with Crippen LogP contribution in [0.1, 0.15) is 17.3 Å². The third-order valence-electron chi connectivity index (χ3n) is 3.07. The van der Waals surface area contributed by atoms with Crippen molar-refractivity contribution in [1.29, 1.82) is 0 Å². The number of benzene rings is 1. The lowest BCUT2D eigenvalue weighted by atomic mass is 10.0. The van der Waals surface area contributed by atoms with Gasteiger partial charge in [-0.2, -0.15) is 0 Å². The summed E-state index contributed by atoms with van der Waals surface area (Å²) in [4.78, 5) is 12.1. The molecule has 104 valence electrons. The average molecular weight is 290 g/mol. The summed E-state index contributed by atoms with van der Waals surface area (Å²) in [6, 6.07) is 5.61. The van der Waals surface area contributed by atoms with Crippen LogP contribution >= 0.6 is 11.3 Å². The largest absolute Gasteiger partial charge is 0.454 e. The van der Waals surface area contributed by atoms with Crippen molar-refractivity contribution in [2.75, 3.05) is 19.1 Å². The number of hydrogen-bond acceptors (Lipinski definition) is 5. The van der Waals surface area contributed by atoms with E-state index < -0.39 is 0 Å². The molecule has 1 aromatic carbocycles. The highest BCUT2D eigenvalue weighted by molar-refractivity contribution is 7.15. The van der Waals surface area contributed by atoms with Gasteiger partial charge < -0.3 is 20.5 Å². The van der Waals surface area contributed by atoms with Crippen LogP contribution in [0.15, 0.2) is 23.6 Å². The lowest BCUT2D eigenvalue weighted by molar-refractivity contribution is 0.0957. The first-order valence-electron chi connectivity index (χ1n) is 6.26. The molecule has 0 radical (unpaired) electrons. The summed E-state index contributed by atoms with van der Waals surface area (Å²) in [7, 11) is 0. The Balaban J connectivity index is 2.04. The summed E-state index contributed by atoms with van der Waals surface area (Å²) in [5.74, 6) is 1.25. The Hall–Kier alpha value is -2.21. The molecule has 1 aromatic heterocycles. The molecule has 0 fully saturated rings. The maximum absolute atomic E-state index is 12.1. The van der Waals surface area contributed by atoms with Crippen LogP contribution in [0.3, 0.4) is 0 Å². The lowest BCUT2D eigenvalue weighted by Crippen LogP contribution is -2.23. The molecule has 0 unspecified atom stereocenters. The van der Waals surface area contributed by atoms with Crippen LogP contribution in [0.2, 0.25) is 0 Å². The number of hydrogen-bond donors (Lipinski definition) is 2. The van der Waals surface area contributed by atoms with Gasteiger partial charge in [0.05, 0.1) is 10.6 Å². The first kappa shape index (κ1) is 12.8. The number of ether oxygens (including phenoxy) is 2. The smallest absolute Gasteiger partial charge is 0.254 e. The fourth-order valence-electron chi connectivity index (χ4n) is 2.13. The average Bonchev–Trinajstić information content (AvgIpc) is 3.04. The quantitative estimate of drug-likeness (QED) is 0.910. The fourth-order valence-corrected chi connectivity index (χ4v) is 2.95. The minimum absolute atomic E-state index is 0.154. The molecule has 5 nitrogen and oxygen atoms in total. The van der Waals surface area contributed by atoms with Crippen molar-refractivity contribution in [3.8, 4) is 22.6 Å². The second-order valence-electron chi connectivity index (χ2n) is 4.32. The Morgan fingerprint density at radius 3 is 3.00 bits per heavy atom. The second kappa shape index (κ2) is 5.05. The van der Waals surface area contributed by atoms with Gasteiger partial charge in [-0.25, -0.2) is 0 Å². The van der Waals surface area contributed by atoms with Crippen molar-refractivity contribution in [1.82, 2.24) is 5.32 Å². The molecule has 1 amide bonds. The molecule has 0 atom stereocenters. The minimum atomic E-state index is -0.154. The monoisotopic (exact) mass is 290 g/mol. The molecule has 20 heavy (non-hydrogen) atoms. The van der Waals surface area contributed by atoms with Crippen molar-refractivity contribution < 1.29 is 14.3 Å². The van der Waals surface area contributed by atoms with E-state index in [1.165, 1.54) is 11.3 Å². The summed E-state index contributed by atoms with van der Waals surface area (Å²) in [6.07, 6.45) is 0. The fraction of sp³-hybridized carbons (Fsp3) is 0.214. The number of rotatable bonds is 3. The van der Waals surface area contributed by atoms with Gasteiger partial charge in [-0.15, -0.1) is 11.3 Å². The second-order valence-corrected chi connectivity index (χ2v) is 5.23. The first-order valence-corrected chi connectivity index (χ1v) is 7.14. The molecule has 2 aromatic rings. The summed E-state index contributed by atoms with van der Waals surface area (Å²) < 4.78 is 10.7. The Labute approximate surface area is 120 Å². The Morgan fingerprint density at radius 1 is 1.40 bits per heavy atom. The van der Waals surface area contributed by atoms with E-state index in [9.17, 15) is 4.79 Å². The number of nitrogen functional groups attached to an aromatic ring is 1. The number of thiophene rings is 1. The number of amides is 1. The predicted molar refractivity (Wildman–Crippen MR) is 78.3 cm³/mol. The zero-order valence-corrected chi connectivity index (χ0v) is 11.8. The van der Waals surface area contributed by atoms with E-state index in [0.29, 0.717) is 22.9 Å². The zero-order valence-electron chi connectivity index (χ0n) is 10.9. The highest BCUT2D eigenvalue weighted by Gasteiger charge is 2.20. The molecule has 1 aliphatic rings. The summed E-state index contributed by atoms with van der Waals surface area (Å²) in [5, 5.41) is 5.19. The molecule has 3 N–H and O–H groups in total. The van der Waals surface area contributed by atoms with Gasteiger partial charge in [0.1, 0.15) is 0 Å². The zero-order chi connectivity index (χ0) is 14.1. The number of nitrogens with one attached hydrogen (secondary N) is 1. The molecule has 6 heteroatoms. The third-order valence-corrected chi connectivity index (χ3v) is 3.88. The lowest BCUT2D eigenvalue weighted by Gasteiger charge is -2.06. The highest BCUT2D eigenvalue weighted by Crippen LogP contribution is 2.39. The Bertz CT molecular complexity index is 666. The minimum Gasteiger partial charge on any atom is -0.454 e. The van der Waals surface area contributed by atoms with Gasteiger partial charge >= 0.3 is 0 Å². The SMILES string of the molecule is CCNC(=O)c1c(-c2ccc3c(c2)OCO3)csc1N. The third kappa shape index (κ3) is 2.08. The first-order chi connectivity index (χ1) is 9.70. The van der Waals surface area contributed by atoms with Crippen LogP contribution in [-0.4, -0.2) is 19.2 Å². The van der Waals surface area contributed by atoms with Gasteiger partial charge in [0.2, 0.25) is 6.79 Å². The molecule has 3 rings (SSSR count). The van der Waals surface area contributed by atoms with Gasteiger partial charge in [-0.1, -0.05) is 6.07 Å². The molecule has 0 bridgehead atoms. The maximum atomic E-state index is 12.1. The van der Waals surface area contributed by atoms with E-state index >= 15 is 0 Å². The maximum Gasteiger partial charge on any atom is 0.254 e. The molecule has 0 spiro atoms. The predicted octanol–water partition coefficient (Wildman–Crippen LogP) is 2.48. The number of fused-ring (bicyclic) bond motifs is 1. The van der Waals surface area contributed by atoms with E-state index in [1.807, 2.05) is 30.5 Å². The number of nitrogens with two attached hydrogens (primary N) is 1. The number of anilines is 1. The van der Waals surface area contributed by atoms with Crippen molar-refractivity contribution in [3.63, 3.8) is 0 Å². The molecule has 0 aliphatic carbocycles. The Morgan fingerprint density at radius 2 is 2.20 bits per heavy atom. The van der Waals surface area contributed by atoms with E-state index in [0.717, 1.165) is 16.9 Å². The van der Waals surface area contributed by atoms with Gasteiger partial charge in [-0.3, -0.25) is 4.79 Å². The van der Waals surface area contributed by atoms with Gasteiger partial charge in [0, 0.05) is 17.5 Å². The highest BCUT2D eigenvalue weighted by atomic mass is 32.1. The normalized spacial score (nSPS) is 12.4. The number of carbonyl (C=O) groups excluding carboxylic acids is 1. The van der Waals surface area contributed by atoms with E-state index in [4.69, 9.17) is 15.2 Å². The molecular weight excluding hydrogens is 276 g/mol. The standard InChI is InChI=1S/C14H14N2O3S/c1-2-16-14(17)12-9(6-20-13(12)15)8-3-4-10-11(5-8)19-7-18-10/h3-6H,2,7,15H2,1H3,(H,16,17). The topological polar surface area (TPSA) is 73.6 Å². The van der Waals surface area contributed by atoms with Gasteiger partial charge in [0.15, 0.2) is 11.5 Å². The summed E-state index contributed by atoms with van der Waals surface area (Å²) in [5.41, 5.74) is 8.16. The van der Waals surface area contributed by atoms with E-state index in [1.54, 1.807) is 0 Å².